The zero-order valence-corrected chi connectivity index (χ0v) is 14.2. The first-order valence-corrected chi connectivity index (χ1v) is 8.29. The number of nitro benzene ring substituents is 1. The van der Waals surface area contributed by atoms with E-state index in [1.54, 1.807) is 6.07 Å². The van der Waals surface area contributed by atoms with Gasteiger partial charge in [0.1, 0.15) is 0 Å². The van der Waals surface area contributed by atoms with E-state index < -0.39 is 10.6 Å². The first kappa shape index (κ1) is 16.0. The van der Waals surface area contributed by atoms with Crippen molar-refractivity contribution in [2.45, 2.75) is 0 Å². The number of benzene rings is 2. The average Bonchev–Trinajstić information content (AvgIpc) is 3.12. The zero-order chi connectivity index (χ0) is 18.4. The van der Waals surface area contributed by atoms with Gasteiger partial charge in [-0.2, -0.15) is 0 Å². The highest BCUT2D eigenvalue weighted by Crippen LogP contribution is 2.39. The topological polar surface area (TPSA) is 107 Å². The molecule has 0 atom stereocenters. The minimum absolute atomic E-state index is 0.163. The summed E-state index contributed by atoms with van der Waals surface area (Å²) in [4.78, 5) is 28.5. The summed E-state index contributed by atoms with van der Waals surface area (Å²) in [6.07, 6.45) is 1.41. The van der Waals surface area contributed by atoms with Crippen LogP contribution in [0.5, 0.6) is 11.5 Å². The highest BCUT2D eigenvalue weighted by Gasteiger charge is 2.23. The number of hydrogen-bond donors (Lipinski definition) is 1. The van der Waals surface area contributed by atoms with E-state index in [4.69, 9.17) is 4.74 Å². The van der Waals surface area contributed by atoms with E-state index in [1.165, 1.54) is 29.7 Å². The highest BCUT2D eigenvalue weighted by atomic mass is 32.1. The van der Waals surface area contributed by atoms with Crippen LogP contribution in [0.25, 0.3) is 22.1 Å². The van der Waals surface area contributed by atoms with Crippen molar-refractivity contribution in [3.05, 3.63) is 67.0 Å². The third-order valence-electron chi connectivity index (χ3n) is 3.96. The van der Waals surface area contributed by atoms with E-state index in [0.29, 0.717) is 20.5 Å². The van der Waals surface area contributed by atoms with Crippen LogP contribution in [0.3, 0.4) is 0 Å². The summed E-state index contributed by atoms with van der Waals surface area (Å²) in [5, 5.41) is 21.2. The second-order valence-electron chi connectivity index (χ2n) is 5.45. The number of para-hydroxylation sites is 2. The lowest BCUT2D eigenvalue weighted by Crippen LogP contribution is -2.22. The van der Waals surface area contributed by atoms with Crippen molar-refractivity contribution in [1.82, 2.24) is 9.38 Å². The molecule has 0 fully saturated rings. The number of aromatic hydroxyl groups is 1. The fraction of sp³-hybridized carbons (Fsp3) is 0.0588. The minimum Gasteiger partial charge on any atom is -0.504 e. The Hall–Kier alpha value is -3.46. The summed E-state index contributed by atoms with van der Waals surface area (Å²) in [6, 6.07) is 9.91. The number of nitro groups is 1. The van der Waals surface area contributed by atoms with Crippen molar-refractivity contribution in [3.8, 4) is 11.5 Å². The van der Waals surface area contributed by atoms with Crippen LogP contribution >= 0.6 is 11.3 Å². The Kier molecular flexibility index (Phi) is 3.58. The molecule has 2 heterocycles. The summed E-state index contributed by atoms with van der Waals surface area (Å²) >= 11 is 1.14. The third kappa shape index (κ3) is 2.29. The number of methoxy groups -OCH3 is 1. The molecule has 0 aliphatic rings. The largest absolute Gasteiger partial charge is 0.504 e. The van der Waals surface area contributed by atoms with Crippen molar-refractivity contribution < 1.29 is 14.8 Å². The molecule has 26 heavy (non-hydrogen) atoms. The van der Waals surface area contributed by atoms with Gasteiger partial charge in [0.05, 0.1) is 33.2 Å². The summed E-state index contributed by atoms with van der Waals surface area (Å²) in [5.41, 5.74) is 0.847. The molecule has 0 radical (unpaired) electrons. The Morgan fingerprint density at radius 3 is 2.81 bits per heavy atom. The van der Waals surface area contributed by atoms with Crippen LogP contribution in [0.1, 0.15) is 5.56 Å². The molecule has 0 spiro atoms. The second-order valence-corrected chi connectivity index (χ2v) is 6.46. The molecule has 1 N–H and O–H groups in total. The summed E-state index contributed by atoms with van der Waals surface area (Å²) < 4.78 is 6.73. The first-order valence-electron chi connectivity index (χ1n) is 7.47. The molecule has 0 saturated heterocycles. The molecule has 4 rings (SSSR count). The van der Waals surface area contributed by atoms with Gasteiger partial charge in [-0.3, -0.25) is 14.9 Å². The number of nitrogens with zero attached hydrogens (tertiary/aromatic N) is 3. The van der Waals surface area contributed by atoms with Gasteiger partial charge in [-0.05, 0) is 30.3 Å². The number of thiazole rings is 1. The molecule has 8 nitrogen and oxygen atoms in total. The smallest absolute Gasteiger partial charge is 0.322 e. The van der Waals surface area contributed by atoms with Gasteiger partial charge in [0.2, 0.25) is 5.75 Å². The zero-order valence-electron chi connectivity index (χ0n) is 13.4. The van der Waals surface area contributed by atoms with E-state index in [1.807, 2.05) is 18.2 Å². The van der Waals surface area contributed by atoms with Crippen LogP contribution in [0.15, 0.2) is 41.2 Å². The molecule has 0 aliphatic heterocycles. The maximum absolute atomic E-state index is 12.8. The Bertz CT molecular complexity index is 1290. The molecule has 0 saturated carbocycles. The first-order chi connectivity index (χ1) is 12.5. The van der Waals surface area contributed by atoms with Gasteiger partial charge in [0.15, 0.2) is 10.7 Å². The molecule has 0 amide bonds. The van der Waals surface area contributed by atoms with Crippen molar-refractivity contribution in [2.24, 2.45) is 0 Å². The fourth-order valence-corrected chi connectivity index (χ4v) is 3.81. The van der Waals surface area contributed by atoms with Gasteiger partial charge >= 0.3 is 5.69 Å². The van der Waals surface area contributed by atoms with Crippen LogP contribution in [-0.4, -0.2) is 26.5 Å². The number of phenols is 1. The number of rotatable bonds is 3. The lowest BCUT2D eigenvalue weighted by atomic mass is 10.1. The summed E-state index contributed by atoms with van der Waals surface area (Å²) in [7, 11) is 1.23. The van der Waals surface area contributed by atoms with E-state index in [-0.39, 0.29) is 22.6 Å². The molecule has 130 valence electrons. The molecular weight excluding hydrogens is 358 g/mol. The Balaban J connectivity index is 2.02. The summed E-state index contributed by atoms with van der Waals surface area (Å²) in [5.74, 6) is -0.589. The van der Waals surface area contributed by atoms with Crippen molar-refractivity contribution in [3.63, 3.8) is 0 Å². The van der Waals surface area contributed by atoms with Crippen LogP contribution < -0.4 is 14.8 Å². The van der Waals surface area contributed by atoms with Gasteiger partial charge in [-0.15, -0.1) is 0 Å². The predicted octanol–water partition coefficient (Wildman–Crippen LogP) is 2.08. The number of hydrogen-bond acceptors (Lipinski definition) is 7. The Labute approximate surface area is 149 Å². The number of aromatic nitrogens is 2. The molecule has 9 heteroatoms. The van der Waals surface area contributed by atoms with E-state index in [0.717, 1.165) is 11.3 Å². The minimum atomic E-state index is -0.650. The molecule has 2 aromatic heterocycles. The van der Waals surface area contributed by atoms with Crippen molar-refractivity contribution >= 4 is 39.1 Å². The van der Waals surface area contributed by atoms with Gasteiger partial charge in [0, 0.05) is 0 Å². The third-order valence-corrected chi connectivity index (χ3v) is 4.93. The number of imidazole rings is 1. The molecule has 4 aromatic rings. The second kappa shape index (κ2) is 5.81. The number of fused-ring (bicyclic) bond motifs is 3. The highest BCUT2D eigenvalue weighted by molar-refractivity contribution is 7.15. The van der Waals surface area contributed by atoms with Crippen LogP contribution in [0.2, 0.25) is 0 Å². The van der Waals surface area contributed by atoms with E-state index in [9.17, 15) is 20.0 Å². The lowest BCUT2D eigenvalue weighted by molar-refractivity contribution is -0.386. The Morgan fingerprint density at radius 2 is 2.08 bits per heavy atom. The standard InChI is InChI=1S/C17H11N3O5S/c1-25-15-12(21)7-6-9(14(15)20(23)24)8-13-16(22)19-11-5-3-2-4-10(11)18-17(19)26-13/h2-8,21H,1H3. The van der Waals surface area contributed by atoms with E-state index >= 15 is 0 Å². The SMILES string of the molecule is COc1c(O)ccc(C=c2sc3nc4ccccc4n3c2=O)c1[N+](=O)[O-]. The Morgan fingerprint density at radius 1 is 1.31 bits per heavy atom. The fourth-order valence-electron chi connectivity index (χ4n) is 2.84. The monoisotopic (exact) mass is 369 g/mol. The van der Waals surface area contributed by atoms with Gasteiger partial charge in [0.25, 0.3) is 5.56 Å². The average molecular weight is 369 g/mol. The predicted molar refractivity (Wildman–Crippen MR) is 96.9 cm³/mol. The quantitative estimate of drug-likeness (QED) is 0.438. The van der Waals surface area contributed by atoms with Crippen LogP contribution in [0.4, 0.5) is 5.69 Å². The molecule has 0 aliphatic carbocycles. The van der Waals surface area contributed by atoms with Gasteiger partial charge < -0.3 is 9.84 Å². The maximum atomic E-state index is 12.8. The molecule has 2 aromatic carbocycles. The maximum Gasteiger partial charge on any atom is 0.322 e. The normalized spacial score (nSPS) is 12.1. The molecule has 0 unspecified atom stereocenters. The molecule has 0 bridgehead atoms. The van der Waals surface area contributed by atoms with Crippen LogP contribution in [-0.2, 0) is 0 Å². The van der Waals surface area contributed by atoms with E-state index in [2.05, 4.69) is 4.98 Å². The summed E-state index contributed by atoms with van der Waals surface area (Å²) in [6.45, 7) is 0. The lowest BCUT2D eigenvalue weighted by Gasteiger charge is -2.05. The van der Waals surface area contributed by atoms with Crippen molar-refractivity contribution in [1.29, 1.82) is 0 Å². The van der Waals surface area contributed by atoms with Crippen LogP contribution in [0, 0.1) is 10.1 Å². The number of phenolic OH excluding ortho intramolecular Hbond substituents is 1. The molecular formula is C17H11N3O5S. The van der Waals surface area contributed by atoms with Gasteiger partial charge in [-0.1, -0.05) is 23.5 Å². The number of ether oxygens (including phenoxy) is 1. The van der Waals surface area contributed by atoms with Gasteiger partial charge in [-0.25, -0.2) is 9.38 Å². The van der Waals surface area contributed by atoms with Crippen molar-refractivity contribution in [2.75, 3.05) is 7.11 Å².